The number of H-pyrrole nitrogens is 1. The third kappa shape index (κ3) is 5.84. The van der Waals surface area contributed by atoms with Gasteiger partial charge in [-0.25, -0.2) is 4.98 Å². The van der Waals surface area contributed by atoms with Gasteiger partial charge in [0.1, 0.15) is 0 Å². The molecule has 1 saturated heterocycles. The lowest BCUT2D eigenvalue weighted by Crippen LogP contribution is -2.39. The van der Waals surface area contributed by atoms with Crippen molar-refractivity contribution in [3.05, 3.63) is 50.4 Å². The molecule has 3 aromatic rings. The van der Waals surface area contributed by atoms with E-state index < -0.39 is 0 Å². The molecule has 0 spiro atoms. The Balaban J connectivity index is 1.51. The summed E-state index contributed by atoms with van der Waals surface area (Å²) in [6.45, 7) is 8.41. The summed E-state index contributed by atoms with van der Waals surface area (Å²) in [5.41, 5.74) is 11.2. The monoisotopic (exact) mass is 574 g/mol. The number of hydrogen-bond acceptors (Lipinski definition) is 7. The summed E-state index contributed by atoms with van der Waals surface area (Å²) >= 11 is 2.21. The lowest BCUT2D eigenvalue weighted by molar-refractivity contribution is -0.119. The Hall–Kier alpha value is -2.73. The topological polar surface area (TPSA) is 125 Å². The summed E-state index contributed by atoms with van der Waals surface area (Å²) in [7, 11) is 0. The second-order valence-corrected chi connectivity index (χ2v) is 9.97. The smallest absolute Gasteiger partial charge is 0.231 e. The number of aryl methyl sites for hydroxylation is 3. The minimum atomic E-state index is -0.255. The number of benzene rings is 1. The van der Waals surface area contributed by atoms with Gasteiger partial charge in [-0.3, -0.25) is 14.8 Å². The van der Waals surface area contributed by atoms with Crippen LogP contribution in [0, 0.1) is 17.4 Å². The molecule has 0 atom stereocenters. The predicted octanol–water partition coefficient (Wildman–Crippen LogP) is 4.14. The third-order valence-electron chi connectivity index (χ3n) is 6.22. The van der Waals surface area contributed by atoms with Crippen LogP contribution in [0.5, 0.6) is 0 Å². The van der Waals surface area contributed by atoms with Crippen LogP contribution in [0.3, 0.4) is 0 Å². The Morgan fingerprint density at radius 2 is 2.00 bits per heavy atom. The van der Waals surface area contributed by atoms with Gasteiger partial charge in [0.2, 0.25) is 11.9 Å². The minimum Gasteiger partial charge on any atom is -0.369 e. The lowest BCUT2D eigenvalue weighted by atomic mass is 9.84. The van der Waals surface area contributed by atoms with Crippen molar-refractivity contribution in [3.63, 3.8) is 0 Å². The van der Waals surface area contributed by atoms with E-state index in [2.05, 4.69) is 84.3 Å². The molecule has 3 heterocycles. The molecule has 180 valence electrons. The van der Waals surface area contributed by atoms with Crippen LogP contribution in [0.15, 0.2) is 24.4 Å². The van der Waals surface area contributed by atoms with E-state index in [4.69, 9.17) is 5.73 Å². The Kier molecular flexibility index (Phi) is 7.67. The van der Waals surface area contributed by atoms with Crippen LogP contribution in [-0.4, -0.2) is 50.6 Å². The second kappa shape index (κ2) is 10.7. The molecule has 0 bridgehead atoms. The largest absolute Gasteiger partial charge is 0.369 e. The molecule has 9 nitrogen and oxygen atoms in total. The SMILES string of the molecule is CCc1cc(Nc2ncc(I)c(Nc3cc(C)[nH]n3)n2)c(C)cc1C1CCN(CC(N)=O)CC1. The summed E-state index contributed by atoms with van der Waals surface area (Å²) in [6, 6.07) is 6.46. The number of nitrogens with two attached hydrogens (primary N) is 1. The van der Waals surface area contributed by atoms with E-state index in [1.165, 1.54) is 11.1 Å². The maximum Gasteiger partial charge on any atom is 0.231 e. The maximum absolute atomic E-state index is 11.2. The number of halogens is 1. The molecular weight excluding hydrogens is 543 g/mol. The molecule has 2 aromatic heterocycles. The van der Waals surface area contributed by atoms with Gasteiger partial charge in [0.05, 0.1) is 10.1 Å². The molecular formula is C24H31IN8O. The first-order valence-corrected chi connectivity index (χ1v) is 12.6. The Labute approximate surface area is 213 Å². The number of carbonyl (C=O) groups is 1. The first-order valence-electron chi connectivity index (χ1n) is 11.5. The molecule has 0 aliphatic carbocycles. The van der Waals surface area contributed by atoms with E-state index >= 15 is 0 Å². The van der Waals surface area contributed by atoms with Gasteiger partial charge in [-0.05, 0) is 97.5 Å². The van der Waals surface area contributed by atoms with Gasteiger partial charge in [0, 0.05) is 23.6 Å². The number of nitrogens with zero attached hydrogens (tertiary/aromatic N) is 4. The zero-order valence-corrected chi connectivity index (χ0v) is 21.9. The number of primary amides is 1. The zero-order chi connectivity index (χ0) is 24.2. The first-order chi connectivity index (χ1) is 16.3. The van der Waals surface area contributed by atoms with Crippen LogP contribution < -0.4 is 16.4 Å². The second-order valence-electron chi connectivity index (χ2n) is 8.81. The highest BCUT2D eigenvalue weighted by Crippen LogP contribution is 2.34. The van der Waals surface area contributed by atoms with Crippen molar-refractivity contribution in [2.45, 2.75) is 46.0 Å². The van der Waals surface area contributed by atoms with Crippen LogP contribution in [-0.2, 0) is 11.2 Å². The number of nitrogens with one attached hydrogen (secondary N) is 3. The van der Waals surface area contributed by atoms with Crippen LogP contribution in [0.1, 0.15) is 48.1 Å². The molecule has 4 rings (SSSR count). The van der Waals surface area contributed by atoms with Crippen LogP contribution >= 0.6 is 22.6 Å². The number of rotatable bonds is 8. The van der Waals surface area contributed by atoms with Gasteiger partial charge >= 0.3 is 0 Å². The highest BCUT2D eigenvalue weighted by Gasteiger charge is 2.24. The molecule has 1 aromatic carbocycles. The van der Waals surface area contributed by atoms with Crippen molar-refractivity contribution in [2.75, 3.05) is 30.3 Å². The van der Waals surface area contributed by atoms with Gasteiger partial charge in [0.15, 0.2) is 11.6 Å². The molecule has 0 unspecified atom stereocenters. The fraction of sp³-hybridized carbons (Fsp3) is 0.417. The Morgan fingerprint density at radius 1 is 1.24 bits per heavy atom. The molecule has 5 N–H and O–H groups in total. The van der Waals surface area contributed by atoms with Gasteiger partial charge in [-0.2, -0.15) is 10.1 Å². The average molecular weight is 574 g/mol. The summed E-state index contributed by atoms with van der Waals surface area (Å²) in [5.74, 6) is 2.20. The number of hydrogen-bond donors (Lipinski definition) is 4. The van der Waals surface area contributed by atoms with Crippen molar-refractivity contribution >= 4 is 51.8 Å². The molecule has 1 amide bonds. The molecule has 1 aliphatic heterocycles. The number of likely N-dealkylation sites (tertiary alicyclic amines) is 1. The Bertz CT molecular complexity index is 1170. The van der Waals surface area contributed by atoms with Crippen LogP contribution in [0.25, 0.3) is 0 Å². The van der Waals surface area contributed by atoms with Crippen molar-refractivity contribution in [3.8, 4) is 0 Å². The molecule has 34 heavy (non-hydrogen) atoms. The van der Waals surface area contributed by atoms with Gasteiger partial charge < -0.3 is 16.4 Å². The minimum absolute atomic E-state index is 0.255. The fourth-order valence-electron chi connectivity index (χ4n) is 4.46. The van der Waals surface area contributed by atoms with Crippen molar-refractivity contribution in [1.29, 1.82) is 0 Å². The highest BCUT2D eigenvalue weighted by atomic mass is 127. The third-order valence-corrected chi connectivity index (χ3v) is 7.01. The molecule has 0 saturated carbocycles. The van der Waals surface area contributed by atoms with E-state index in [1.807, 2.05) is 13.0 Å². The standard InChI is InChI=1S/C24H31IN8O/c1-4-16-11-20(14(2)9-18(16)17-5-7-33(8-6-17)13-21(26)34)28-24-27-12-19(25)23(30-24)29-22-10-15(3)31-32-22/h9-12,17H,4-8,13H2,1-3H3,(H2,26,34)(H3,27,28,29,30,31,32). The number of anilines is 4. The van der Waals surface area contributed by atoms with Crippen molar-refractivity contribution < 1.29 is 4.79 Å². The fourth-order valence-corrected chi connectivity index (χ4v) is 4.85. The highest BCUT2D eigenvalue weighted by molar-refractivity contribution is 14.1. The van der Waals surface area contributed by atoms with E-state index in [-0.39, 0.29) is 5.91 Å². The van der Waals surface area contributed by atoms with Crippen LogP contribution in [0.4, 0.5) is 23.3 Å². The number of aromatic amines is 1. The van der Waals surface area contributed by atoms with E-state index in [0.717, 1.165) is 58.7 Å². The molecule has 0 radical (unpaired) electrons. The lowest BCUT2D eigenvalue weighted by Gasteiger charge is -2.32. The van der Waals surface area contributed by atoms with Crippen LogP contribution in [0.2, 0.25) is 0 Å². The number of amides is 1. The van der Waals surface area contributed by atoms with Gasteiger partial charge in [0.25, 0.3) is 0 Å². The van der Waals surface area contributed by atoms with E-state index in [0.29, 0.717) is 24.2 Å². The summed E-state index contributed by atoms with van der Waals surface area (Å²) in [6.07, 6.45) is 4.82. The number of piperidine rings is 1. The summed E-state index contributed by atoms with van der Waals surface area (Å²) in [5, 5.41) is 13.8. The predicted molar refractivity (Wildman–Crippen MR) is 143 cm³/mol. The van der Waals surface area contributed by atoms with Crippen molar-refractivity contribution in [2.24, 2.45) is 5.73 Å². The molecule has 1 fully saturated rings. The Morgan fingerprint density at radius 3 is 2.65 bits per heavy atom. The van der Waals surface area contributed by atoms with Gasteiger partial charge in [-0.1, -0.05) is 13.0 Å². The van der Waals surface area contributed by atoms with Crippen molar-refractivity contribution in [1.82, 2.24) is 25.1 Å². The first kappa shape index (κ1) is 24.4. The number of aromatic nitrogens is 4. The average Bonchev–Trinajstić information content (AvgIpc) is 3.22. The summed E-state index contributed by atoms with van der Waals surface area (Å²) in [4.78, 5) is 22.5. The quantitative estimate of drug-likeness (QED) is 0.298. The zero-order valence-electron chi connectivity index (χ0n) is 19.8. The molecule has 10 heteroatoms. The molecule has 1 aliphatic rings. The summed E-state index contributed by atoms with van der Waals surface area (Å²) < 4.78 is 0.910. The van der Waals surface area contributed by atoms with Gasteiger partial charge in [-0.15, -0.1) is 0 Å². The normalized spacial score (nSPS) is 14.8. The van der Waals surface area contributed by atoms with E-state index in [1.54, 1.807) is 6.20 Å². The maximum atomic E-state index is 11.2. The van der Waals surface area contributed by atoms with E-state index in [9.17, 15) is 4.79 Å². The number of carbonyl (C=O) groups excluding carboxylic acids is 1.